The molecule has 3 N–H and O–H groups in total. The van der Waals surface area contributed by atoms with Gasteiger partial charge in [0.15, 0.2) is 11.5 Å². The van der Waals surface area contributed by atoms with Crippen molar-refractivity contribution in [2.24, 2.45) is 10.7 Å². The van der Waals surface area contributed by atoms with Crippen molar-refractivity contribution in [1.29, 1.82) is 0 Å². The molecule has 6 heteroatoms. The number of carbonyl (C=O) groups excluding carboxylic acids is 1. The minimum absolute atomic E-state index is 0.0677. The third kappa shape index (κ3) is 1.65. The second-order valence-corrected chi connectivity index (χ2v) is 3.22. The molecular formula is C10H10N2O4. The third-order valence-corrected chi connectivity index (χ3v) is 2.19. The van der Waals surface area contributed by atoms with Crippen LogP contribution in [0.15, 0.2) is 23.2 Å². The van der Waals surface area contributed by atoms with Gasteiger partial charge in [-0.1, -0.05) is 6.07 Å². The molecule has 1 aromatic rings. The highest BCUT2D eigenvalue weighted by atomic mass is 16.5. The Balaban J connectivity index is 2.29. The lowest BCUT2D eigenvalue weighted by Gasteiger charge is -2.10. The van der Waals surface area contributed by atoms with Crippen LogP contribution in [0.4, 0.5) is 0 Å². The minimum atomic E-state index is -0.878. The molecule has 0 aromatic heterocycles. The first-order valence-corrected chi connectivity index (χ1v) is 4.53. The van der Waals surface area contributed by atoms with Crippen LogP contribution in [0.3, 0.4) is 0 Å². The van der Waals surface area contributed by atoms with E-state index in [1.165, 1.54) is 19.2 Å². The van der Waals surface area contributed by atoms with Gasteiger partial charge in [0.05, 0.1) is 7.11 Å². The van der Waals surface area contributed by atoms with Crippen LogP contribution in [0.5, 0.6) is 11.5 Å². The van der Waals surface area contributed by atoms with Gasteiger partial charge < -0.3 is 20.3 Å². The molecule has 0 saturated carbocycles. The Kier molecular flexibility index (Phi) is 2.40. The number of benzene rings is 1. The molecule has 0 radical (unpaired) electrons. The number of phenolic OH excluding ortho intramolecular Hbond substituents is 1. The molecule has 1 aromatic carbocycles. The SMILES string of the molecule is COc1ccc(C2OC(N)=NC2=O)cc1O. The third-order valence-electron chi connectivity index (χ3n) is 2.19. The van der Waals surface area contributed by atoms with Crippen molar-refractivity contribution in [2.75, 3.05) is 7.11 Å². The van der Waals surface area contributed by atoms with Gasteiger partial charge in [0, 0.05) is 5.56 Å². The van der Waals surface area contributed by atoms with Crippen molar-refractivity contribution in [2.45, 2.75) is 6.10 Å². The summed E-state index contributed by atoms with van der Waals surface area (Å²) >= 11 is 0. The van der Waals surface area contributed by atoms with Gasteiger partial charge in [0.2, 0.25) is 6.10 Å². The normalized spacial score (nSPS) is 19.2. The summed E-state index contributed by atoms with van der Waals surface area (Å²) in [7, 11) is 1.44. The Hall–Kier alpha value is -2.24. The highest BCUT2D eigenvalue weighted by Crippen LogP contribution is 2.31. The average molecular weight is 222 g/mol. The number of aliphatic imine (C=N–C) groups is 1. The maximum absolute atomic E-state index is 11.3. The lowest BCUT2D eigenvalue weighted by atomic mass is 10.1. The predicted octanol–water partition coefficient (Wildman–Crippen LogP) is 0.313. The van der Waals surface area contributed by atoms with E-state index in [1.54, 1.807) is 6.07 Å². The summed E-state index contributed by atoms with van der Waals surface area (Å²) in [6.07, 6.45) is -0.878. The monoisotopic (exact) mass is 222 g/mol. The first kappa shape index (κ1) is 10.3. The zero-order valence-electron chi connectivity index (χ0n) is 8.51. The smallest absolute Gasteiger partial charge is 0.296 e. The van der Waals surface area contributed by atoms with Gasteiger partial charge in [0.25, 0.3) is 11.9 Å². The molecule has 1 amide bonds. The molecule has 0 spiro atoms. The van der Waals surface area contributed by atoms with E-state index in [2.05, 4.69) is 4.99 Å². The largest absolute Gasteiger partial charge is 0.504 e. The van der Waals surface area contributed by atoms with Crippen LogP contribution in [0, 0.1) is 0 Å². The summed E-state index contributed by atoms with van der Waals surface area (Å²) in [5.74, 6) is -0.230. The fourth-order valence-corrected chi connectivity index (χ4v) is 1.45. The second kappa shape index (κ2) is 3.73. The summed E-state index contributed by atoms with van der Waals surface area (Å²) in [5, 5.41) is 9.54. The minimum Gasteiger partial charge on any atom is -0.504 e. The first-order chi connectivity index (χ1) is 7.61. The number of methoxy groups -OCH3 is 1. The number of phenols is 1. The molecule has 16 heavy (non-hydrogen) atoms. The number of aromatic hydroxyl groups is 1. The van der Waals surface area contributed by atoms with Crippen LogP contribution >= 0.6 is 0 Å². The molecule has 0 aliphatic carbocycles. The van der Waals surface area contributed by atoms with E-state index in [4.69, 9.17) is 15.2 Å². The van der Waals surface area contributed by atoms with Gasteiger partial charge in [-0.05, 0) is 12.1 Å². The molecule has 1 aliphatic rings. The molecule has 1 aliphatic heterocycles. The lowest BCUT2D eigenvalue weighted by Crippen LogP contribution is -2.13. The number of nitrogens with two attached hydrogens (primary N) is 1. The van der Waals surface area contributed by atoms with E-state index < -0.39 is 12.0 Å². The maximum Gasteiger partial charge on any atom is 0.296 e. The van der Waals surface area contributed by atoms with Crippen LogP contribution in [0.2, 0.25) is 0 Å². The first-order valence-electron chi connectivity index (χ1n) is 4.53. The molecule has 0 fully saturated rings. The average Bonchev–Trinajstić information content (AvgIpc) is 2.58. The standard InChI is InChI=1S/C10H10N2O4/c1-15-7-3-2-5(4-6(7)13)8-9(14)12-10(11)16-8/h2-4,8,13H,1H3,(H2,11,12,14). The molecule has 84 valence electrons. The number of hydrogen-bond acceptors (Lipinski definition) is 5. The van der Waals surface area contributed by atoms with Gasteiger partial charge in [-0.3, -0.25) is 4.79 Å². The Labute approximate surface area is 91.3 Å². The topological polar surface area (TPSA) is 94.1 Å². The number of amidine groups is 1. The number of carbonyl (C=O) groups is 1. The Bertz CT molecular complexity index is 470. The summed E-state index contributed by atoms with van der Waals surface area (Å²) in [6.45, 7) is 0. The van der Waals surface area contributed by atoms with E-state index in [0.29, 0.717) is 11.3 Å². The molecule has 1 heterocycles. The Morgan fingerprint density at radius 3 is 2.81 bits per heavy atom. The predicted molar refractivity (Wildman–Crippen MR) is 55.1 cm³/mol. The fourth-order valence-electron chi connectivity index (χ4n) is 1.45. The van der Waals surface area contributed by atoms with E-state index in [0.717, 1.165) is 0 Å². The van der Waals surface area contributed by atoms with Crippen molar-refractivity contribution in [3.8, 4) is 11.5 Å². The highest BCUT2D eigenvalue weighted by Gasteiger charge is 2.29. The van der Waals surface area contributed by atoms with Crippen LogP contribution in [0.25, 0.3) is 0 Å². The highest BCUT2D eigenvalue weighted by molar-refractivity contribution is 5.98. The quantitative estimate of drug-likeness (QED) is 0.751. The number of hydrogen-bond donors (Lipinski definition) is 2. The van der Waals surface area contributed by atoms with Gasteiger partial charge >= 0.3 is 0 Å². The van der Waals surface area contributed by atoms with Crippen molar-refractivity contribution in [3.63, 3.8) is 0 Å². The Morgan fingerprint density at radius 1 is 1.56 bits per heavy atom. The van der Waals surface area contributed by atoms with Crippen molar-refractivity contribution >= 4 is 11.9 Å². The van der Waals surface area contributed by atoms with Crippen LogP contribution in [0.1, 0.15) is 11.7 Å². The Morgan fingerprint density at radius 2 is 2.31 bits per heavy atom. The van der Waals surface area contributed by atoms with Crippen LogP contribution < -0.4 is 10.5 Å². The molecule has 1 atom stereocenters. The van der Waals surface area contributed by atoms with Gasteiger partial charge in [-0.2, -0.15) is 4.99 Å². The summed E-state index contributed by atoms with van der Waals surface area (Å²) in [5.41, 5.74) is 5.75. The number of nitrogens with zero attached hydrogens (tertiary/aromatic N) is 1. The molecule has 0 bridgehead atoms. The second-order valence-electron chi connectivity index (χ2n) is 3.22. The summed E-state index contributed by atoms with van der Waals surface area (Å²) < 4.78 is 9.90. The summed E-state index contributed by atoms with van der Waals surface area (Å²) in [4.78, 5) is 14.8. The van der Waals surface area contributed by atoms with E-state index >= 15 is 0 Å². The molecule has 6 nitrogen and oxygen atoms in total. The van der Waals surface area contributed by atoms with Gasteiger partial charge in [-0.25, -0.2) is 0 Å². The summed E-state index contributed by atoms with van der Waals surface area (Å²) in [6, 6.07) is 4.37. The van der Waals surface area contributed by atoms with E-state index in [1.807, 2.05) is 0 Å². The maximum atomic E-state index is 11.3. The van der Waals surface area contributed by atoms with Gasteiger partial charge in [-0.15, -0.1) is 0 Å². The fraction of sp³-hybridized carbons (Fsp3) is 0.200. The lowest BCUT2D eigenvalue weighted by molar-refractivity contribution is -0.122. The van der Waals surface area contributed by atoms with E-state index in [9.17, 15) is 9.90 Å². The number of ether oxygens (including phenoxy) is 2. The van der Waals surface area contributed by atoms with Crippen LogP contribution in [-0.4, -0.2) is 24.1 Å². The van der Waals surface area contributed by atoms with Crippen molar-refractivity contribution in [1.82, 2.24) is 0 Å². The molecule has 2 rings (SSSR count). The molecule has 1 unspecified atom stereocenters. The zero-order valence-corrected chi connectivity index (χ0v) is 8.51. The van der Waals surface area contributed by atoms with Crippen molar-refractivity contribution < 1.29 is 19.4 Å². The van der Waals surface area contributed by atoms with Gasteiger partial charge in [0.1, 0.15) is 0 Å². The van der Waals surface area contributed by atoms with Crippen molar-refractivity contribution in [3.05, 3.63) is 23.8 Å². The number of amides is 1. The van der Waals surface area contributed by atoms with Crippen LogP contribution in [-0.2, 0) is 9.53 Å². The number of rotatable bonds is 2. The zero-order chi connectivity index (χ0) is 11.7. The molecule has 0 saturated heterocycles. The van der Waals surface area contributed by atoms with E-state index in [-0.39, 0.29) is 11.8 Å². The molecular weight excluding hydrogens is 212 g/mol.